The van der Waals surface area contributed by atoms with E-state index in [0.29, 0.717) is 18.0 Å². The first-order valence-corrected chi connectivity index (χ1v) is 8.73. The van der Waals surface area contributed by atoms with Gasteiger partial charge in [0.05, 0.1) is 0 Å². The maximum absolute atomic E-state index is 12.5. The molecule has 1 atom stereocenters. The molecule has 2 heterocycles. The van der Waals surface area contributed by atoms with Crippen molar-refractivity contribution in [2.24, 2.45) is 11.7 Å². The van der Waals surface area contributed by atoms with E-state index in [4.69, 9.17) is 5.73 Å². The predicted octanol–water partition coefficient (Wildman–Crippen LogP) is 1.64. The van der Waals surface area contributed by atoms with E-state index in [1.54, 1.807) is 12.3 Å². The molecule has 1 saturated heterocycles. The molecule has 6 nitrogen and oxygen atoms in total. The molecule has 0 saturated carbocycles. The van der Waals surface area contributed by atoms with Gasteiger partial charge in [0.1, 0.15) is 12.4 Å². The maximum Gasteiger partial charge on any atom is 0.248 e. The Hall–Kier alpha value is -2.63. The summed E-state index contributed by atoms with van der Waals surface area (Å²) < 4.78 is 1.92. The van der Waals surface area contributed by atoms with Gasteiger partial charge in [-0.05, 0) is 36.5 Å². The van der Waals surface area contributed by atoms with Crippen molar-refractivity contribution >= 4 is 11.8 Å². The number of aryl methyl sites for hydroxylation is 1. The second-order valence-corrected chi connectivity index (χ2v) is 6.59. The van der Waals surface area contributed by atoms with E-state index in [2.05, 4.69) is 4.98 Å². The first-order chi connectivity index (χ1) is 12.1. The summed E-state index contributed by atoms with van der Waals surface area (Å²) in [6, 6.07) is 7.45. The molecule has 1 aliphatic heterocycles. The van der Waals surface area contributed by atoms with E-state index in [9.17, 15) is 9.59 Å². The number of carbonyl (C=O) groups is 2. The Morgan fingerprint density at radius 3 is 2.96 bits per heavy atom. The number of rotatable bonds is 6. The van der Waals surface area contributed by atoms with Gasteiger partial charge < -0.3 is 15.2 Å². The average molecular weight is 340 g/mol. The van der Waals surface area contributed by atoms with Crippen molar-refractivity contribution in [1.29, 1.82) is 0 Å². The molecular formula is C19H24N4O2. The largest absolute Gasteiger partial charge is 0.366 e. The van der Waals surface area contributed by atoms with E-state index in [-0.39, 0.29) is 5.91 Å². The fraction of sp³-hybridized carbons (Fsp3) is 0.421. The van der Waals surface area contributed by atoms with E-state index in [1.807, 2.05) is 40.8 Å². The lowest BCUT2D eigenvalue weighted by Crippen LogP contribution is -2.32. The molecule has 0 spiro atoms. The van der Waals surface area contributed by atoms with Gasteiger partial charge in [-0.2, -0.15) is 0 Å². The van der Waals surface area contributed by atoms with Crippen LogP contribution in [0.15, 0.2) is 36.7 Å². The molecule has 1 aromatic heterocycles. The monoisotopic (exact) mass is 340 g/mol. The number of amides is 2. The van der Waals surface area contributed by atoms with Crippen LogP contribution in [0, 0.1) is 5.92 Å². The molecule has 1 aliphatic rings. The Morgan fingerprint density at radius 2 is 2.20 bits per heavy atom. The Morgan fingerprint density at radius 1 is 1.36 bits per heavy atom. The Kier molecular flexibility index (Phi) is 5.16. The SMILES string of the molecule is CCc1nccn1CC(=O)N1CC[C@H](Cc2cccc(C(N)=O)c2)C1. The third-order valence-electron chi connectivity index (χ3n) is 4.80. The summed E-state index contributed by atoms with van der Waals surface area (Å²) in [6.45, 7) is 3.94. The molecule has 2 amide bonds. The minimum absolute atomic E-state index is 0.140. The van der Waals surface area contributed by atoms with Crippen molar-refractivity contribution < 1.29 is 9.59 Å². The van der Waals surface area contributed by atoms with Crippen LogP contribution in [0.25, 0.3) is 0 Å². The lowest BCUT2D eigenvalue weighted by molar-refractivity contribution is -0.130. The number of carbonyl (C=O) groups excluding carboxylic acids is 2. The lowest BCUT2D eigenvalue weighted by Gasteiger charge is -2.18. The Bertz CT molecular complexity index is 768. The minimum atomic E-state index is -0.405. The van der Waals surface area contributed by atoms with Crippen LogP contribution in [0.3, 0.4) is 0 Å². The topological polar surface area (TPSA) is 81.2 Å². The van der Waals surface area contributed by atoms with Crippen LogP contribution < -0.4 is 5.73 Å². The van der Waals surface area contributed by atoms with Gasteiger partial charge >= 0.3 is 0 Å². The molecule has 2 aromatic rings. The van der Waals surface area contributed by atoms with Crippen molar-refractivity contribution in [2.45, 2.75) is 32.7 Å². The summed E-state index contributed by atoms with van der Waals surface area (Å²) in [5, 5.41) is 0. The number of benzene rings is 1. The van der Waals surface area contributed by atoms with E-state index in [0.717, 1.165) is 43.7 Å². The zero-order chi connectivity index (χ0) is 17.8. The normalized spacial score (nSPS) is 17.0. The number of nitrogens with two attached hydrogens (primary N) is 1. The second-order valence-electron chi connectivity index (χ2n) is 6.59. The van der Waals surface area contributed by atoms with Crippen molar-refractivity contribution in [3.05, 3.63) is 53.6 Å². The number of aromatic nitrogens is 2. The molecule has 0 aliphatic carbocycles. The quantitative estimate of drug-likeness (QED) is 0.868. The van der Waals surface area contributed by atoms with Gasteiger partial charge in [-0.25, -0.2) is 4.98 Å². The fourth-order valence-corrected chi connectivity index (χ4v) is 3.45. The third kappa shape index (κ3) is 4.07. The molecule has 2 N–H and O–H groups in total. The third-order valence-corrected chi connectivity index (χ3v) is 4.80. The molecular weight excluding hydrogens is 316 g/mol. The summed E-state index contributed by atoms with van der Waals surface area (Å²) in [6.07, 6.45) is 6.26. The standard InChI is InChI=1S/C19H24N4O2/c1-2-17-21-7-9-22(17)13-18(24)23-8-6-15(12-23)10-14-4-3-5-16(11-14)19(20)25/h3-5,7,9,11,15H,2,6,8,10,12-13H2,1H3,(H2,20,25)/t15-/m1/s1. The molecule has 1 aromatic carbocycles. The van der Waals surface area contributed by atoms with Gasteiger partial charge in [-0.15, -0.1) is 0 Å². The van der Waals surface area contributed by atoms with Crippen molar-refractivity contribution in [2.75, 3.05) is 13.1 Å². The molecule has 0 unspecified atom stereocenters. The van der Waals surface area contributed by atoms with Gasteiger partial charge in [0.2, 0.25) is 11.8 Å². The van der Waals surface area contributed by atoms with E-state index < -0.39 is 5.91 Å². The summed E-state index contributed by atoms with van der Waals surface area (Å²) in [5.41, 5.74) is 6.97. The van der Waals surface area contributed by atoms with Crippen LogP contribution in [0.2, 0.25) is 0 Å². The second kappa shape index (κ2) is 7.51. The number of nitrogens with zero attached hydrogens (tertiary/aromatic N) is 3. The molecule has 132 valence electrons. The molecule has 6 heteroatoms. The molecule has 0 radical (unpaired) electrons. The highest BCUT2D eigenvalue weighted by molar-refractivity contribution is 5.92. The molecule has 3 rings (SSSR count). The Labute approximate surface area is 147 Å². The van der Waals surface area contributed by atoms with Gasteiger partial charge in [0.25, 0.3) is 0 Å². The number of primary amides is 1. The smallest absolute Gasteiger partial charge is 0.248 e. The molecule has 25 heavy (non-hydrogen) atoms. The van der Waals surface area contributed by atoms with E-state index >= 15 is 0 Å². The molecule has 1 fully saturated rings. The van der Waals surface area contributed by atoms with Crippen LogP contribution in [-0.4, -0.2) is 39.4 Å². The fourth-order valence-electron chi connectivity index (χ4n) is 3.45. The summed E-state index contributed by atoms with van der Waals surface area (Å²) in [5.74, 6) is 1.09. The van der Waals surface area contributed by atoms with Crippen LogP contribution in [0.1, 0.15) is 35.1 Å². The molecule has 0 bridgehead atoms. The lowest BCUT2D eigenvalue weighted by atomic mass is 9.97. The van der Waals surface area contributed by atoms with Crippen LogP contribution in [0.5, 0.6) is 0 Å². The van der Waals surface area contributed by atoms with Crippen LogP contribution in [-0.2, 0) is 24.2 Å². The summed E-state index contributed by atoms with van der Waals surface area (Å²) in [7, 11) is 0. The minimum Gasteiger partial charge on any atom is -0.366 e. The Balaban J connectivity index is 1.57. The van der Waals surface area contributed by atoms with Crippen LogP contribution in [0.4, 0.5) is 0 Å². The highest BCUT2D eigenvalue weighted by atomic mass is 16.2. The van der Waals surface area contributed by atoms with Gasteiger partial charge in [0, 0.05) is 37.5 Å². The first-order valence-electron chi connectivity index (χ1n) is 8.73. The first kappa shape index (κ1) is 17.2. The highest BCUT2D eigenvalue weighted by Crippen LogP contribution is 2.22. The predicted molar refractivity (Wildman–Crippen MR) is 95.0 cm³/mol. The number of hydrogen-bond acceptors (Lipinski definition) is 3. The van der Waals surface area contributed by atoms with Crippen molar-refractivity contribution in [3.8, 4) is 0 Å². The average Bonchev–Trinajstić information content (AvgIpc) is 3.24. The number of hydrogen-bond donors (Lipinski definition) is 1. The summed E-state index contributed by atoms with van der Waals surface area (Å²) in [4.78, 5) is 30.0. The highest BCUT2D eigenvalue weighted by Gasteiger charge is 2.26. The van der Waals surface area contributed by atoms with Crippen molar-refractivity contribution in [3.63, 3.8) is 0 Å². The van der Waals surface area contributed by atoms with Gasteiger partial charge in [-0.1, -0.05) is 19.1 Å². The maximum atomic E-state index is 12.5. The number of imidazole rings is 1. The number of likely N-dealkylation sites (tertiary alicyclic amines) is 1. The van der Waals surface area contributed by atoms with E-state index in [1.165, 1.54) is 0 Å². The zero-order valence-electron chi connectivity index (χ0n) is 14.5. The zero-order valence-corrected chi connectivity index (χ0v) is 14.5. The van der Waals surface area contributed by atoms with Crippen LogP contribution >= 0.6 is 0 Å². The summed E-state index contributed by atoms with van der Waals surface area (Å²) >= 11 is 0. The van der Waals surface area contributed by atoms with Gasteiger partial charge in [0.15, 0.2) is 0 Å². The van der Waals surface area contributed by atoms with Gasteiger partial charge in [-0.3, -0.25) is 9.59 Å². The van der Waals surface area contributed by atoms with Crippen molar-refractivity contribution in [1.82, 2.24) is 14.5 Å².